The molecule has 1 amide bonds. The fourth-order valence-electron chi connectivity index (χ4n) is 3.12. The summed E-state index contributed by atoms with van der Waals surface area (Å²) in [6, 6.07) is 13.9. The van der Waals surface area contributed by atoms with E-state index in [2.05, 4.69) is 4.98 Å². The van der Waals surface area contributed by atoms with Crippen molar-refractivity contribution in [1.82, 2.24) is 9.88 Å². The molecule has 4 nitrogen and oxygen atoms in total. The molecule has 1 aliphatic heterocycles. The lowest BCUT2D eigenvalue weighted by atomic mass is 10.1. The summed E-state index contributed by atoms with van der Waals surface area (Å²) in [5.74, 6) is 0.870. The minimum absolute atomic E-state index is 0.140. The van der Waals surface area contributed by atoms with Crippen molar-refractivity contribution >= 4 is 28.8 Å². The molecule has 5 heteroatoms. The SMILES string of the molecule is Cc1ccc2oc(SCc3cccc(C(=O)N4CCCC4)c3)nc2c1. The van der Waals surface area contributed by atoms with Gasteiger partial charge in [-0.1, -0.05) is 30.0 Å². The molecule has 128 valence electrons. The van der Waals surface area contributed by atoms with Crippen LogP contribution in [0.2, 0.25) is 0 Å². The van der Waals surface area contributed by atoms with E-state index < -0.39 is 0 Å². The zero-order valence-corrected chi connectivity index (χ0v) is 15.0. The number of benzene rings is 2. The molecular formula is C20H20N2O2S. The summed E-state index contributed by atoms with van der Waals surface area (Å²) in [5.41, 5.74) is 4.75. The molecule has 1 saturated heterocycles. The van der Waals surface area contributed by atoms with Crippen LogP contribution in [-0.2, 0) is 5.75 Å². The molecule has 1 aromatic heterocycles. The van der Waals surface area contributed by atoms with E-state index in [4.69, 9.17) is 4.42 Å². The molecule has 0 bridgehead atoms. The first-order valence-electron chi connectivity index (χ1n) is 8.57. The van der Waals surface area contributed by atoms with Crippen molar-refractivity contribution in [3.63, 3.8) is 0 Å². The summed E-state index contributed by atoms with van der Waals surface area (Å²) in [6.45, 7) is 3.80. The van der Waals surface area contributed by atoms with Gasteiger partial charge >= 0.3 is 0 Å². The van der Waals surface area contributed by atoms with Crippen LogP contribution in [0.5, 0.6) is 0 Å². The Labute approximate surface area is 151 Å². The predicted octanol–water partition coefficient (Wildman–Crippen LogP) is 4.66. The second-order valence-corrected chi connectivity index (χ2v) is 7.37. The number of likely N-dealkylation sites (tertiary alicyclic amines) is 1. The highest BCUT2D eigenvalue weighted by molar-refractivity contribution is 7.98. The van der Waals surface area contributed by atoms with E-state index in [-0.39, 0.29) is 5.91 Å². The van der Waals surface area contributed by atoms with E-state index >= 15 is 0 Å². The van der Waals surface area contributed by atoms with Crippen LogP contribution < -0.4 is 0 Å². The van der Waals surface area contributed by atoms with E-state index in [0.717, 1.165) is 53.9 Å². The van der Waals surface area contributed by atoms with Crippen molar-refractivity contribution in [2.24, 2.45) is 0 Å². The molecule has 2 heterocycles. The highest BCUT2D eigenvalue weighted by Gasteiger charge is 2.19. The van der Waals surface area contributed by atoms with Gasteiger partial charge < -0.3 is 9.32 Å². The van der Waals surface area contributed by atoms with Crippen LogP contribution in [0.1, 0.15) is 34.3 Å². The summed E-state index contributed by atoms with van der Waals surface area (Å²) in [7, 11) is 0. The Morgan fingerprint density at radius 1 is 1.20 bits per heavy atom. The van der Waals surface area contributed by atoms with Gasteiger partial charge in [0.25, 0.3) is 11.1 Å². The molecule has 3 aromatic rings. The second-order valence-electron chi connectivity index (χ2n) is 6.44. The second kappa shape index (κ2) is 6.92. The topological polar surface area (TPSA) is 46.3 Å². The van der Waals surface area contributed by atoms with E-state index in [1.54, 1.807) is 11.8 Å². The molecule has 1 aliphatic rings. The molecule has 1 fully saturated rings. The smallest absolute Gasteiger partial charge is 0.257 e. The van der Waals surface area contributed by atoms with Crippen molar-refractivity contribution in [3.05, 3.63) is 59.2 Å². The number of thioether (sulfide) groups is 1. The van der Waals surface area contributed by atoms with Crippen molar-refractivity contribution in [3.8, 4) is 0 Å². The Hall–Kier alpha value is -2.27. The number of carbonyl (C=O) groups is 1. The minimum Gasteiger partial charge on any atom is -0.431 e. The Morgan fingerprint density at radius 3 is 2.88 bits per heavy atom. The predicted molar refractivity (Wildman–Crippen MR) is 99.9 cm³/mol. The van der Waals surface area contributed by atoms with Gasteiger partial charge in [0.1, 0.15) is 5.52 Å². The van der Waals surface area contributed by atoms with Crippen molar-refractivity contribution in [1.29, 1.82) is 0 Å². The third-order valence-corrected chi connectivity index (χ3v) is 5.35. The molecule has 0 unspecified atom stereocenters. The summed E-state index contributed by atoms with van der Waals surface area (Å²) in [5, 5.41) is 0.664. The van der Waals surface area contributed by atoms with Gasteiger partial charge in [0.2, 0.25) is 0 Å². The number of aryl methyl sites for hydroxylation is 1. The number of fused-ring (bicyclic) bond motifs is 1. The zero-order valence-electron chi connectivity index (χ0n) is 14.2. The summed E-state index contributed by atoms with van der Waals surface area (Å²) >= 11 is 1.56. The third kappa shape index (κ3) is 3.56. The largest absolute Gasteiger partial charge is 0.431 e. The van der Waals surface area contributed by atoms with E-state index in [1.165, 1.54) is 5.56 Å². The van der Waals surface area contributed by atoms with Crippen LogP contribution in [0.15, 0.2) is 52.1 Å². The van der Waals surface area contributed by atoms with Gasteiger partial charge in [-0.3, -0.25) is 4.79 Å². The number of aromatic nitrogens is 1. The maximum Gasteiger partial charge on any atom is 0.257 e. The Balaban J connectivity index is 1.46. The van der Waals surface area contributed by atoms with Gasteiger partial charge in [-0.05, 0) is 55.2 Å². The summed E-state index contributed by atoms with van der Waals surface area (Å²) in [6.07, 6.45) is 2.22. The molecule has 2 aromatic carbocycles. The van der Waals surface area contributed by atoms with Gasteiger partial charge in [0, 0.05) is 24.4 Å². The van der Waals surface area contributed by atoms with E-state index in [0.29, 0.717) is 5.22 Å². The molecule has 0 N–H and O–H groups in total. The highest BCUT2D eigenvalue weighted by Crippen LogP contribution is 2.27. The molecule has 0 aliphatic carbocycles. The van der Waals surface area contributed by atoms with Crippen LogP contribution in [0.3, 0.4) is 0 Å². The highest BCUT2D eigenvalue weighted by atomic mass is 32.2. The number of carbonyl (C=O) groups excluding carboxylic acids is 1. The van der Waals surface area contributed by atoms with Crippen LogP contribution in [0.4, 0.5) is 0 Å². The summed E-state index contributed by atoms with van der Waals surface area (Å²) < 4.78 is 5.78. The average molecular weight is 352 g/mol. The minimum atomic E-state index is 0.140. The number of hydrogen-bond donors (Lipinski definition) is 0. The zero-order chi connectivity index (χ0) is 17.2. The number of oxazole rings is 1. The van der Waals surface area contributed by atoms with Crippen LogP contribution in [0, 0.1) is 6.92 Å². The van der Waals surface area contributed by atoms with Gasteiger partial charge in [-0.2, -0.15) is 0 Å². The fraction of sp³-hybridized carbons (Fsp3) is 0.300. The normalized spacial score (nSPS) is 14.4. The molecule has 0 radical (unpaired) electrons. The van der Waals surface area contributed by atoms with Crippen molar-refractivity contribution in [2.75, 3.05) is 13.1 Å². The van der Waals surface area contributed by atoms with Crippen LogP contribution in [-0.4, -0.2) is 28.9 Å². The van der Waals surface area contributed by atoms with Crippen LogP contribution >= 0.6 is 11.8 Å². The first kappa shape index (κ1) is 16.2. The average Bonchev–Trinajstić information content (AvgIpc) is 3.28. The number of hydrogen-bond acceptors (Lipinski definition) is 4. The molecular weight excluding hydrogens is 332 g/mol. The van der Waals surface area contributed by atoms with Gasteiger partial charge in [0.15, 0.2) is 5.58 Å². The van der Waals surface area contributed by atoms with Gasteiger partial charge in [-0.15, -0.1) is 0 Å². The summed E-state index contributed by atoms with van der Waals surface area (Å²) in [4.78, 5) is 19.0. The van der Waals surface area contributed by atoms with Crippen LogP contribution in [0.25, 0.3) is 11.1 Å². The van der Waals surface area contributed by atoms with Crippen molar-refractivity contribution < 1.29 is 9.21 Å². The molecule has 25 heavy (non-hydrogen) atoms. The quantitative estimate of drug-likeness (QED) is 0.641. The Bertz CT molecular complexity index is 913. The number of rotatable bonds is 4. The first-order valence-corrected chi connectivity index (χ1v) is 9.56. The maximum absolute atomic E-state index is 12.5. The van der Waals surface area contributed by atoms with Gasteiger partial charge in [-0.25, -0.2) is 4.98 Å². The Kier molecular flexibility index (Phi) is 4.49. The standard InChI is InChI=1S/C20H20N2O2S/c1-14-7-8-18-17(11-14)21-20(24-18)25-13-15-5-4-6-16(12-15)19(23)22-9-2-3-10-22/h4-8,11-12H,2-3,9-10,13H2,1H3. The molecule has 4 rings (SSSR count). The molecule has 0 atom stereocenters. The number of nitrogens with zero attached hydrogens (tertiary/aromatic N) is 2. The third-order valence-electron chi connectivity index (χ3n) is 4.45. The van der Waals surface area contributed by atoms with E-state index in [1.807, 2.05) is 54.3 Å². The van der Waals surface area contributed by atoms with E-state index in [9.17, 15) is 4.79 Å². The lowest BCUT2D eigenvalue weighted by Crippen LogP contribution is -2.27. The fourth-order valence-corrected chi connectivity index (χ4v) is 3.90. The van der Waals surface area contributed by atoms with Gasteiger partial charge in [0.05, 0.1) is 0 Å². The number of amides is 1. The van der Waals surface area contributed by atoms with Crippen molar-refractivity contribution in [2.45, 2.75) is 30.7 Å². The monoisotopic (exact) mass is 352 g/mol. The molecule has 0 saturated carbocycles. The first-order chi connectivity index (χ1) is 12.2. The Morgan fingerprint density at radius 2 is 2.04 bits per heavy atom. The lowest BCUT2D eigenvalue weighted by Gasteiger charge is -2.15. The maximum atomic E-state index is 12.5. The lowest BCUT2D eigenvalue weighted by molar-refractivity contribution is 0.0792. The molecule has 0 spiro atoms.